The van der Waals surface area contributed by atoms with E-state index in [1.54, 1.807) is 0 Å². The first-order chi connectivity index (χ1) is 13.8. The smallest absolute Gasteiger partial charge is 0.226 e. The Balaban J connectivity index is 1.35. The highest BCUT2D eigenvalue weighted by Crippen LogP contribution is 2.31. The average Bonchev–Trinajstić information content (AvgIpc) is 2.92. The van der Waals surface area contributed by atoms with Gasteiger partial charge in [-0.3, -0.25) is 14.7 Å². The number of benzene rings is 1. The summed E-state index contributed by atoms with van der Waals surface area (Å²) in [7, 11) is 0. The maximum absolute atomic E-state index is 13.3. The molecular weight excluding hydrogens is 346 g/mol. The van der Waals surface area contributed by atoms with Gasteiger partial charge in [0, 0.05) is 37.9 Å². The van der Waals surface area contributed by atoms with E-state index in [-0.39, 0.29) is 5.92 Å². The Bertz CT molecular complexity index is 782. The molecule has 146 valence electrons. The molecule has 0 spiro atoms. The maximum Gasteiger partial charge on any atom is 0.226 e. The van der Waals surface area contributed by atoms with Gasteiger partial charge in [-0.05, 0) is 55.5 Å². The number of hydrogen-bond acceptors (Lipinski definition) is 3. The van der Waals surface area contributed by atoms with E-state index >= 15 is 0 Å². The molecule has 28 heavy (non-hydrogen) atoms. The van der Waals surface area contributed by atoms with Crippen LogP contribution < -0.4 is 0 Å². The molecule has 1 aromatic heterocycles. The van der Waals surface area contributed by atoms with Gasteiger partial charge in [0.2, 0.25) is 5.91 Å². The van der Waals surface area contributed by atoms with E-state index in [4.69, 9.17) is 0 Å². The number of hydrogen-bond donors (Lipinski definition) is 0. The third-order valence-electron chi connectivity index (χ3n) is 6.06. The van der Waals surface area contributed by atoms with Crippen LogP contribution >= 0.6 is 0 Å². The zero-order valence-electron chi connectivity index (χ0n) is 16.4. The van der Waals surface area contributed by atoms with Crippen molar-refractivity contribution < 1.29 is 4.79 Å². The molecule has 1 saturated heterocycles. The summed E-state index contributed by atoms with van der Waals surface area (Å²) < 4.78 is 0. The van der Waals surface area contributed by atoms with Crippen LogP contribution in [0.3, 0.4) is 0 Å². The fourth-order valence-corrected chi connectivity index (χ4v) is 4.47. The second kappa shape index (κ2) is 9.16. The monoisotopic (exact) mass is 375 g/mol. The number of rotatable bonds is 5. The van der Waals surface area contributed by atoms with E-state index in [1.807, 2.05) is 41.6 Å². The van der Waals surface area contributed by atoms with Crippen LogP contribution in [0.2, 0.25) is 0 Å². The van der Waals surface area contributed by atoms with E-state index < -0.39 is 0 Å². The minimum Gasteiger partial charge on any atom is -0.334 e. The van der Waals surface area contributed by atoms with Gasteiger partial charge >= 0.3 is 0 Å². The lowest BCUT2D eigenvalue weighted by molar-refractivity contribution is -0.137. The summed E-state index contributed by atoms with van der Waals surface area (Å²) in [5.41, 5.74) is 2.47. The number of carbonyl (C=O) groups is 1. The normalized spacial score (nSPS) is 21.6. The molecule has 0 aliphatic carbocycles. The third-order valence-corrected chi connectivity index (χ3v) is 6.06. The molecule has 3 heterocycles. The third kappa shape index (κ3) is 4.68. The summed E-state index contributed by atoms with van der Waals surface area (Å²) in [5.74, 6) is 0.946. The number of allylic oxidation sites excluding steroid dienone is 1. The molecule has 1 fully saturated rings. The van der Waals surface area contributed by atoms with Gasteiger partial charge in [-0.25, -0.2) is 0 Å². The zero-order valence-corrected chi connectivity index (χ0v) is 16.4. The van der Waals surface area contributed by atoms with Crippen molar-refractivity contribution >= 4 is 5.91 Å². The first-order valence-corrected chi connectivity index (χ1v) is 10.4. The second-order valence-electron chi connectivity index (χ2n) is 7.99. The van der Waals surface area contributed by atoms with Gasteiger partial charge < -0.3 is 4.90 Å². The van der Waals surface area contributed by atoms with Gasteiger partial charge in [-0.15, -0.1) is 0 Å². The highest BCUT2D eigenvalue weighted by atomic mass is 16.2. The van der Waals surface area contributed by atoms with Gasteiger partial charge in [-0.1, -0.05) is 48.6 Å². The molecule has 0 bridgehead atoms. The summed E-state index contributed by atoms with van der Waals surface area (Å²) in [5, 5.41) is 0. The second-order valence-corrected chi connectivity index (χ2v) is 7.99. The van der Waals surface area contributed by atoms with Crippen molar-refractivity contribution in [1.82, 2.24) is 14.8 Å². The molecule has 0 N–H and O–H groups in total. The standard InChI is InChI=1S/C24H29N3O/c28-24-23(10-4-5-14-27(24)19-20-7-2-1-3-8-20)22-11-15-26(16-12-22)18-21-9-6-13-25-17-21/h1-9,13,17,22-23H,10-12,14-16,18-19H2/t23-/m0/s1. The highest BCUT2D eigenvalue weighted by molar-refractivity contribution is 5.80. The van der Waals surface area contributed by atoms with Crippen LogP contribution in [0.5, 0.6) is 0 Å². The molecule has 4 rings (SSSR count). The van der Waals surface area contributed by atoms with Gasteiger partial charge in [0.1, 0.15) is 0 Å². The van der Waals surface area contributed by atoms with Gasteiger partial charge in [0.25, 0.3) is 0 Å². The van der Waals surface area contributed by atoms with Crippen LogP contribution in [0.4, 0.5) is 0 Å². The minimum absolute atomic E-state index is 0.128. The molecule has 0 saturated carbocycles. The molecular formula is C24H29N3O. The van der Waals surface area contributed by atoms with E-state index in [9.17, 15) is 4.79 Å². The SMILES string of the molecule is O=C1[C@H](C2CCN(Cc3cccnc3)CC2)CC=CCN1Cc1ccccc1. The van der Waals surface area contributed by atoms with E-state index in [1.165, 1.54) is 11.1 Å². The molecule has 0 radical (unpaired) electrons. The maximum atomic E-state index is 13.3. The lowest BCUT2D eigenvalue weighted by Gasteiger charge is -2.36. The molecule has 2 aromatic rings. The van der Waals surface area contributed by atoms with Crippen molar-refractivity contribution in [3.8, 4) is 0 Å². The Morgan fingerprint density at radius 3 is 2.46 bits per heavy atom. The molecule has 1 aromatic carbocycles. The van der Waals surface area contributed by atoms with Gasteiger partial charge in [-0.2, -0.15) is 0 Å². The quantitative estimate of drug-likeness (QED) is 0.744. The molecule has 0 unspecified atom stereocenters. The number of aromatic nitrogens is 1. The molecule has 4 heteroatoms. The fourth-order valence-electron chi connectivity index (χ4n) is 4.47. The summed E-state index contributed by atoms with van der Waals surface area (Å²) in [6, 6.07) is 14.5. The number of nitrogens with zero attached hydrogens (tertiary/aromatic N) is 3. The predicted octanol–water partition coefficient (Wildman–Crippen LogP) is 3.90. The van der Waals surface area contributed by atoms with Crippen molar-refractivity contribution in [2.24, 2.45) is 11.8 Å². The molecule has 1 amide bonds. The largest absolute Gasteiger partial charge is 0.334 e. The van der Waals surface area contributed by atoms with E-state index in [0.29, 0.717) is 18.4 Å². The lowest BCUT2D eigenvalue weighted by Crippen LogP contribution is -2.42. The van der Waals surface area contributed by atoms with Crippen molar-refractivity contribution in [1.29, 1.82) is 0 Å². The van der Waals surface area contributed by atoms with Crippen molar-refractivity contribution in [2.75, 3.05) is 19.6 Å². The Hall–Kier alpha value is -2.46. The van der Waals surface area contributed by atoms with Crippen LogP contribution in [-0.2, 0) is 17.9 Å². The van der Waals surface area contributed by atoms with Crippen molar-refractivity contribution in [3.05, 3.63) is 78.1 Å². The predicted molar refractivity (Wildman–Crippen MR) is 111 cm³/mol. The average molecular weight is 376 g/mol. The van der Waals surface area contributed by atoms with Crippen LogP contribution in [0.1, 0.15) is 30.4 Å². The highest BCUT2D eigenvalue weighted by Gasteiger charge is 2.34. The molecule has 1 atom stereocenters. The number of amides is 1. The number of likely N-dealkylation sites (tertiary alicyclic amines) is 1. The summed E-state index contributed by atoms with van der Waals surface area (Å²) in [6.45, 7) is 4.52. The Kier molecular flexibility index (Phi) is 6.17. The van der Waals surface area contributed by atoms with E-state index in [0.717, 1.165) is 45.4 Å². The Morgan fingerprint density at radius 1 is 0.929 bits per heavy atom. The van der Waals surface area contributed by atoms with Crippen molar-refractivity contribution in [2.45, 2.75) is 32.4 Å². The topological polar surface area (TPSA) is 36.4 Å². The zero-order chi connectivity index (χ0) is 19.2. The van der Waals surface area contributed by atoms with E-state index in [2.05, 4.69) is 40.2 Å². The summed E-state index contributed by atoms with van der Waals surface area (Å²) in [6.07, 6.45) is 11.2. The minimum atomic E-state index is 0.128. The van der Waals surface area contributed by atoms with Crippen LogP contribution in [0.15, 0.2) is 67.0 Å². The number of pyridine rings is 1. The van der Waals surface area contributed by atoms with Crippen LogP contribution in [-0.4, -0.2) is 40.3 Å². The molecule has 2 aliphatic heterocycles. The first kappa shape index (κ1) is 18.9. The fraction of sp³-hybridized carbons (Fsp3) is 0.417. The van der Waals surface area contributed by atoms with Crippen LogP contribution in [0, 0.1) is 11.8 Å². The summed E-state index contributed by atoms with van der Waals surface area (Å²) in [4.78, 5) is 22.0. The first-order valence-electron chi connectivity index (χ1n) is 10.4. The van der Waals surface area contributed by atoms with Crippen LogP contribution in [0.25, 0.3) is 0 Å². The van der Waals surface area contributed by atoms with Gasteiger partial charge in [0.15, 0.2) is 0 Å². The Labute approximate surface area is 167 Å². The Morgan fingerprint density at radius 2 is 1.71 bits per heavy atom. The molecule has 2 aliphatic rings. The summed E-state index contributed by atoms with van der Waals surface area (Å²) >= 11 is 0. The lowest BCUT2D eigenvalue weighted by atomic mass is 9.81. The van der Waals surface area contributed by atoms with Crippen molar-refractivity contribution in [3.63, 3.8) is 0 Å². The number of piperidine rings is 1. The number of carbonyl (C=O) groups excluding carboxylic acids is 1. The van der Waals surface area contributed by atoms with Gasteiger partial charge in [0.05, 0.1) is 0 Å². The molecule has 4 nitrogen and oxygen atoms in total.